The van der Waals surface area contributed by atoms with Crippen molar-refractivity contribution in [1.82, 2.24) is 0 Å². The van der Waals surface area contributed by atoms with Gasteiger partial charge in [0.25, 0.3) is 5.91 Å². The predicted molar refractivity (Wildman–Crippen MR) is 92.7 cm³/mol. The number of alkyl halides is 2. The molecule has 1 N–H and O–H groups in total. The number of thiophene rings is 1. The van der Waals surface area contributed by atoms with Crippen LogP contribution < -0.4 is 14.8 Å². The first kappa shape index (κ1) is 18.5. The highest BCUT2D eigenvalue weighted by Crippen LogP contribution is 2.42. The third-order valence-electron chi connectivity index (χ3n) is 3.09. The van der Waals surface area contributed by atoms with Crippen molar-refractivity contribution in [2.24, 2.45) is 0 Å². The average molecular weight is 401 g/mol. The number of ether oxygens (including phenoxy) is 3. The summed E-state index contributed by atoms with van der Waals surface area (Å²) in [5.41, 5.74) is 0.221. The average Bonchev–Trinajstić information content (AvgIpc) is 3.18. The molecule has 2 heterocycles. The summed E-state index contributed by atoms with van der Waals surface area (Å²) in [5.74, 6) is -0.582. The van der Waals surface area contributed by atoms with Crippen molar-refractivity contribution in [3.05, 3.63) is 40.6 Å². The second-order valence-corrected chi connectivity index (χ2v) is 7.13. The number of hydrogen-bond donors (Lipinski definition) is 1. The molecule has 0 bridgehead atoms. The number of carbonyl (C=O) groups excluding carboxylic acids is 2. The molecule has 26 heavy (non-hydrogen) atoms. The third kappa shape index (κ3) is 5.09. The first-order valence-electron chi connectivity index (χ1n) is 7.37. The molecule has 0 saturated carbocycles. The molecule has 138 valence electrons. The van der Waals surface area contributed by atoms with Crippen LogP contribution in [0.2, 0.25) is 0 Å². The lowest BCUT2D eigenvalue weighted by Gasteiger charge is -2.07. The van der Waals surface area contributed by atoms with Gasteiger partial charge in [-0.3, -0.25) is 9.59 Å². The van der Waals surface area contributed by atoms with E-state index in [1.54, 1.807) is 11.3 Å². The first-order chi connectivity index (χ1) is 12.4. The van der Waals surface area contributed by atoms with E-state index in [1.807, 2.05) is 17.5 Å². The van der Waals surface area contributed by atoms with Gasteiger partial charge in [0.05, 0.1) is 5.75 Å². The second-order valence-electron chi connectivity index (χ2n) is 5.11. The molecule has 0 saturated heterocycles. The monoisotopic (exact) mass is 401 g/mol. The minimum atomic E-state index is -3.72. The SMILES string of the molecule is O=C(COC(=O)CSCc1cccs1)Nc1ccc2c(c1)OC(F)(F)O2. The normalized spacial score (nSPS) is 14.1. The van der Waals surface area contributed by atoms with Gasteiger partial charge in [-0.2, -0.15) is 0 Å². The molecule has 0 unspecified atom stereocenters. The highest BCUT2D eigenvalue weighted by Gasteiger charge is 2.43. The lowest BCUT2D eigenvalue weighted by atomic mass is 10.3. The van der Waals surface area contributed by atoms with Crippen molar-refractivity contribution in [2.75, 3.05) is 17.7 Å². The Morgan fingerprint density at radius 3 is 2.81 bits per heavy atom. The Labute approximate surface area is 155 Å². The Bertz CT molecular complexity index is 798. The lowest BCUT2D eigenvalue weighted by molar-refractivity contribution is -0.286. The molecule has 1 aliphatic heterocycles. The van der Waals surface area contributed by atoms with Gasteiger partial charge in [0.15, 0.2) is 18.1 Å². The van der Waals surface area contributed by atoms with Gasteiger partial charge in [-0.15, -0.1) is 31.9 Å². The Kier molecular flexibility index (Phi) is 5.62. The molecule has 2 aromatic rings. The maximum absolute atomic E-state index is 12.9. The van der Waals surface area contributed by atoms with E-state index >= 15 is 0 Å². The fourth-order valence-corrected chi connectivity index (χ4v) is 3.70. The van der Waals surface area contributed by atoms with Gasteiger partial charge >= 0.3 is 12.3 Å². The number of benzene rings is 1. The van der Waals surface area contributed by atoms with E-state index in [4.69, 9.17) is 4.74 Å². The molecular weight excluding hydrogens is 388 g/mol. The zero-order chi connectivity index (χ0) is 18.6. The summed E-state index contributed by atoms with van der Waals surface area (Å²) in [6.45, 7) is -0.469. The van der Waals surface area contributed by atoms with Crippen LogP contribution in [-0.2, 0) is 20.1 Å². The molecule has 1 aromatic carbocycles. The highest BCUT2D eigenvalue weighted by atomic mass is 32.2. The van der Waals surface area contributed by atoms with E-state index in [9.17, 15) is 18.4 Å². The maximum atomic E-state index is 12.9. The second kappa shape index (κ2) is 7.92. The molecule has 0 spiro atoms. The number of rotatable bonds is 7. The Morgan fingerprint density at radius 2 is 2.04 bits per heavy atom. The molecule has 1 aliphatic rings. The van der Waals surface area contributed by atoms with Crippen molar-refractivity contribution < 1.29 is 32.6 Å². The Morgan fingerprint density at radius 1 is 1.23 bits per heavy atom. The summed E-state index contributed by atoms with van der Waals surface area (Å²) < 4.78 is 39.3. The van der Waals surface area contributed by atoms with Crippen molar-refractivity contribution in [2.45, 2.75) is 12.0 Å². The van der Waals surface area contributed by atoms with Crippen LogP contribution in [0.25, 0.3) is 0 Å². The fraction of sp³-hybridized carbons (Fsp3) is 0.250. The Hall–Kier alpha value is -2.33. The van der Waals surface area contributed by atoms with Gasteiger partial charge in [0.1, 0.15) is 0 Å². The van der Waals surface area contributed by atoms with Crippen LogP contribution in [-0.4, -0.2) is 30.5 Å². The molecule has 0 fully saturated rings. The van der Waals surface area contributed by atoms with E-state index in [-0.39, 0.29) is 22.9 Å². The molecule has 10 heteroatoms. The maximum Gasteiger partial charge on any atom is 0.586 e. The van der Waals surface area contributed by atoms with Crippen LogP contribution in [0, 0.1) is 0 Å². The Balaban J connectivity index is 1.40. The highest BCUT2D eigenvalue weighted by molar-refractivity contribution is 7.99. The summed E-state index contributed by atoms with van der Waals surface area (Å²) in [7, 11) is 0. The topological polar surface area (TPSA) is 73.9 Å². The lowest BCUT2D eigenvalue weighted by Crippen LogP contribution is -2.25. The number of anilines is 1. The number of fused-ring (bicyclic) bond motifs is 1. The molecule has 0 radical (unpaired) electrons. The van der Waals surface area contributed by atoms with E-state index in [2.05, 4.69) is 14.8 Å². The number of carbonyl (C=O) groups is 2. The van der Waals surface area contributed by atoms with Gasteiger partial charge in [0, 0.05) is 22.4 Å². The molecule has 3 rings (SSSR count). The third-order valence-corrected chi connectivity index (χ3v) is 5.11. The number of thioether (sulfide) groups is 1. The van der Waals surface area contributed by atoms with Crippen LogP contribution >= 0.6 is 23.1 Å². The number of amides is 1. The van der Waals surface area contributed by atoms with E-state index < -0.39 is 24.8 Å². The summed E-state index contributed by atoms with van der Waals surface area (Å²) in [6.07, 6.45) is -3.72. The number of nitrogens with one attached hydrogen (secondary N) is 1. The smallest absolute Gasteiger partial charge is 0.455 e. The molecular formula is C16H13F2NO5S2. The van der Waals surface area contributed by atoms with Crippen LogP contribution in [0.5, 0.6) is 11.5 Å². The van der Waals surface area contributed by atoms with E-state index in [0.717, 1.165) is 4.88 Å². The van der Waals surface area contributed by atoms with Gasteiger partial charge < -0.3 is 19.5 Å². The van der Waals surface area contributed by atoms with Gasteiger partial charge in [-0.05, 0) is 23.6 Å². The fourth-order valence-electron chi connectivity index (χ4n) is 2.04. The van der Waals surface area contributed by atoms with E-state index in [0.29, 0.717) is 5.75 Å². The molecule has 1 amide bonds. The van der Waals surface area contributed by atoms with Crippen molar-refractivity contribution >= 4 is 40.7 Å². The quantitative estimate of drug-likeness (QED) is 0.716. The molecule has 0 aliphatic carbocycles. The molecule has 0 atom stereocenters. The van der Waals surface area contributed by atoms with Crippen molar-refractivity contribution in [3.63, 3.8) is 0 Å². The van der Waals surface area contributed by atoms with Crippen LogP contribution in [0.15, 0.2) is 35.7 Å². The van der Waals surface area contributed by atoms with Crippen molar-refractivity contribution in [1.29, 1.82) is 0 Å². The summed E-state index contributed by atoms with van der Waals surface area (Å²) in [5, 5.41) is 4.39. The molecule has 1 aromatic heterocycles. The number of hydrogen-bond acceptors (Lipinski definition) is 7. The minimum absolute atomic E-state index is 0.123. The van der Waals surface area contributed by atoms with Crippen LogP contribution in [0.1, 0.15) is 4.88 Å². The van der Waals surface area contributed by atoms with Crippen molar-refractivity contribution in [3.8, 4) is 11.5 Å². The number of esters is 1. The zero-order valence-electron chi connectivity index (χ0n) is 13.2. The standard InChI is InChI=1S/C16H13F2NO5S2/c17-16(18)23-12-4-3-10(6-13(12)24-16)19-14(20)7-22-15(21)9-25-8-11-2-1-5-26-11/h1-6H,7-9H2,(H,19,20). The summed E-state index contributed by atoms with van der Waals surface area (Å²) >= 11 is 2.99. The predicted octanol–water partition coefficient (Wildman–Crippen LogP) is 3.48. The molecule has 6 nitrogen and oxygen atoms in total. The van der Waals surface area contributed by atoms with Gasteiger partial charge in [-0.25, -0.2) is 0 Å². The largest absolute Gasteiger partial charge is 0.586 e. The summed E-state index contributed by atoms with van der Waals surface area (Å²) in [6, 6.07) is 7.73. The van der Waals surface area contributed by atoms with Gasteiger partial charge in [0.2, 0.25) is 0 Å². The first-order valence-corrected chi connectivity index (χ1v) is 9.40. The number of halogens is 2. The summed E-state index contributed by atoms with van der Waals surface area (Å²) in [4.78, 5) is 24.6. The van der Waals surface area contributed by atoms with Gasteiger partial charge in [-0.1, -0.05) is 6.07 Å². The minimum Gasteiger partial charge on any atom is -0.455 e. The van der Waals surface area contributed by atoms with Crippen LogP contribution in [0.3, 0.4) is 0 Å². The van der Waals surface area contributed by atoms with Crippen LogP contribution in [0.4, 0.5) is 14.5 Å². The zero-order valence-corrected chi connectivity index (χ0v) is 14.8. The van der Waals surface area contributed by atoms with E-state index in [1.165, 1.54) is 30.0 Å².